The van der Waals surface area contributed by atoms with Crippen LogP contribution in [0.25, 0.3) is 0 Å². The number of nitrogens with zero attached hydrogens (tertiary/aromatic N) is 1. The number of nitrogens with one attached hydrogen (secondary N) is 1. The molecule has 0 spiro atoms. The van der Waals surface area contributed by atoms with Gasteiger partial charge in [-0.3, -0.25) is 4.90 Å². The number of likely N-dealkylation sites (N-methyl/N-ethyl adjacent to an activating group) is 1. The van der Waals surface area contributed by atoms with E-state index in [2.05, 4.69) is 17.1 Å². The molecule has 0 radical (unpaired) electrons. The topological polar surface area (TPSA) is 49.4 Å². The first-order valence-electron chi connectivity index (χ1n) is 6.79. The fourth-order valence-corrected chi connectivity index (χ4v) is 4.61. The summed E-state index contributed by atoms with van der Waals surface area (Å²) in [6, 6.07) is 1.09. The Morgan fingerprint density at radius 3 is 2.41 bits per heavy atom. The highest BCUT2D eigenvalue weighted by atomic mass is 32.2. The van der Waals surface area contributed by atoms with Gasteiger partial charge in [0.1, 0.15) is 9.84 Å². The molecule has 1 atom stereocenters. The molecule has 17 heavy (non-hydrogen) atoms. The van der Waals surface area contributed by atoms with E-state index in [1.165, 1.54) is 12.8 Å². The van der Waals surface area contributed by atoms with E-state index in [9.17, 15) is 8.42 Å². The Hall–Kier alpha value is -0.130. The molecule has 0 amide bonds. The van der Waals surface area contributed by atoms with Gasteiger partial charge in [-0.2, -0.15) is 0 Å². The molecule has 0 aromatic carbocycles. The van der Waals surface area contributed by atoms with Crippen LogP contribution in [0.5, 0.6) is 0 Å². The van der Waals surface area contributed by atoms with Gasteiger partial charge in [0, 0.05) is 18.6 Å². The Morgan fingerprint density at radius 2 is 1.88 bits per heavy atom. The van der Waals surface area contributed by atoms with Gasteiger partial charge in [0.15, 0.2) is 0 Å². The van der Waals surface area contributed by atoms with E-state index in [0.717, 1.165) is 32.5 Å². The first-order chi connectivity index (χ1) is 8.12. The second-order valence-corrected chi connectivity index (χ2v) is 7.52. The van der Waals surface area contributed by atoms with Crippen molar-refractivity contribution in [3.63, 3.8) is 0 Å². The minimum Gasteiger partial charge on any atom is -0.315 e. The van der Waals surface area contributed by atoms with Crippen molar-refractivity contribution in [1.29, 1.82) is 0 Å². The van der Waals surface area contributed by atoms with Crippen LogP contribution in [0.4, 0.5) is 0 Å². The van der Waals surface area contributed by atoms with E-state index in [-0.39, 0.29) is 0 Å². The van der Waals surface area contributed by atoms with Crippen molar-refractivity contribution >= 4 is 9.84 Å². The van der Waals surface area contributed by atoms with Crippen LogP contribution in [-0.4, -0.2) is 56.5 Å². The summed E-state index contributed by atoms with van der Waals surface area (Å²) in [6.45, 7) is 5.43. The molecule has 1 unspecified atom stereocenters. The Kier molecular flexibility index (Phi) is 4.44. The predicted octanol–water partition coefficient (Wildman–Crippen LogP) is 0.638. The van der Waals surface area contributed by atoms with Crippen LogP contribution in [0, 0.1) is 0 Å². The first kappa shape index (κ1) is 13.3. The second-order valence-electron chi connectivity index (χ2n) is 5.21. The second kappa shape index (κ2) is 5.67. The third-order valence-electron chi connectivity index (χ3n) is 4.10. The zero-order valence-electron chi connectivity index (χ0n) is 10.7. The lowest BCUT2D eigenvalue weighted by atomic mass is 10.0. The predicted molar refractivity (Wildman–Crippen MR) is 69.9 cm³/mol. The Morgan fingerprint density at radius 1 is 1.18 bits per heavy atom. The fraction of sp³-hybridized carbons (Fsp3) is 1.00. The van der Waals surface area contributed by atoms with Gasteiger partial charge in [-0.1, -0.05) is 6.92 Å². The molecular weight excluding hydrogens is 236 g/mol. The van der Waals surface area contributed by atoms with Crippen LogP contribution in [0.1, 0.15) is 32.6 Å². The molecule has 4 nitrogen and oxygen atoms in total. The lowest BCUT2D eigenvalue weighted by molar-refractivity contribution is 0.111. The summed E-state index contributed by atoms with van der Waals surface area (Å²) in [5, 5.41) is 3.45. The summed E-state index contributed by atoms with van der Waals surface area (Å²) < 4.78 is 22.9. The third kappa shape index (κ3) is 3.42. The zero-order chi connectivity index (χ0) is 12.3. The van der Waals surface area contributed by atoms with Crippen molar-refractivity contribution in [2.45, 2.75) is 44.7 Å². The molecule has 2 rings (SSSR count). The average molecular weight is 260 g/mol. The van der Waals surface area contributed by atoms with E-state index in [0.29, 0.717) is 23.6 Å². The minimum absolute atomic E-state index is 0.383. The third-order valence-corrected chi connectivity index (χ3v) is 5.81. The van der Waals surface area contributed by atoms with Crippen LogP contribution in [0.2, 0.25) is 0 Å². The van der Waals surface area contributed by atoms with Crippen molar-refractivity contribution < 1.29 is 8.42 Å². The van der Waals surface area contributed by atoms with Gasteiger partial charge in [0.05, 0.1) is 11.5 Å². The lowest BCUT2D eigenvalue weighted by Gasteiger charge is -2.41. The molecule has 2 heterocycles. The summed E-state index contributed by atoms with van der Waals surface area (Å²) in [5.74, 6) is 0.766. The van der Waals surface area contributed by atoms with Crippen molar-refractivity contribution in [1.82, 2.24) is 10.2 Å². The molecule has 2 aliphatic rings. The largest absolute Gasteiger partial charge is 0.315 e. The molecule has 0 aromatic heterocycles. The van der Waals surface area contributed by atoms with Crippen molar-refractivity contribution in [2.75, 3.05) is 31.1 Å². The molecule has 5 heteroatoms. The molecular formula is C12H24N2O2S. The summed E-state index contributed by atoms with van der Waals surface area (Å²) in [7, 11) is -2.73. The van der Waals surface area contributed by atoms with E-state index < -0.39 is 9.84 Å². The van der Waals surface area contributed by atoms with Crippen molar-refractivity contribution in [3.8, 4) is 0 Å². The molecule has 1 N–H and O–H groups in total. The number of rotatable bonds is 3. The molecule has 100 valence electrons. The summed E-state index contributed by atoms with van der Waals surface area (Å²) in [5.41, 5.74) is 0. The molecule has 0 aliphatic carbocycles. The van der Waals surface area contributed by atoms with Gasteiger partial charge in [0.2, 0.25) is 0 Å². The number of hydrogen-bond acceptors (Lipinski definition) is 4. The van der Waals surface area contributed by atoms with Crippen LogP contribution >= 0.6 is 0 Å². The van der Waals surface area contributed by atoms with Crippen molar-refractivity contribution in [3.05, 3.63) is 0 Å². The Bertz CT molecular complexity index is 322. The van der Waals surface area contributed by atoms with Crippen molar-refractivity contribution in [2.24, 2.45) is 0 Å². The lowest BCUT2D eigenvalue weighted by Crippen LogP contribution is -2.52. The van der Waals surface area contributed by atoms with Gasteiger partial charge in [-0.25, -0.2) is 8.42 Å². The van der Waals surface area contributed by atoms with Gasteiger partial charge in [0.25, 0.3) is 0 Å². The Labute approximate surface area is 105 Å². The van der Waals surface area contributed by atoms with Gasteiger partial charge in [-0.05, 0) is 38.8 Å². The van der Waals surface area contributed by atoms with E-state index >= 15 is 0 Å². The first-order valence-corrected chi connectivity index (χ1v) is 8.61. The molecule has 0 aromatic rings. The number of hydrogen-bond donors (Lipinski definition) is 1. The molecule has 2 saturated heterocycles. The number of piperidine rings is 1. The maximum Gasteiger partial charge on any atom is 0.150 e. The summed E-state index contributed by atoms with van der Waals surface area (Å²) in [6.07, 6.45) is 4.15. The van der Waals surface area contributed by atoms with Gasteiger partial charge < -0.3 is 5.32 Å². The fourth-order valence-electron chi connectivity index (χ4n) is 3.14. The molecule has 2 aliphatic heterocycles. The zero-order valence-corrected chi connectivity index (χ0v) is 11.5. The highest BCUT2D eigenvalue weighted by Crippen LogP contribution is 2.22. The maximum atomic E-state index is 11.5. The van der Waals surface area contributed by atoms with Crippen LogP contribution < -0.4 is 5.32 Å². The SMILES string of the molecule is CCN(C1CCS(=O)(=O)CC1)C1CCCNC1. The van der Waals surface area contributed by atoms with Gasteiger partial charge in [-0.15, -0.1) is 0 Å². The highest BCUT2D eigenvalue weighted by Gasteiger charge is 2.31. The maximum absolute atomic E-state index is 11.5. The standard InChI is InChI=1S/C12H24N2O2S/c1-2-14(12-4-3-7-13-10-12)11-5-8-17(15,16)9-6-11/h11-13H,2-10H2,1H3. The van der Waals surface area contributed by atoms with Gasteiger partial charge >= 0.3 is 0 Å². The van der Waals surface area contributed by atoms with E-state index in [1.54, 1.807) is 0 Å². The van der Waals surface area contributed by atoms with E-state index in [1.807, 2.05) is 0 Å². The monoisotopic (exact) mass is 260 g/mol. The van der Waals surface area contributed by atoms with E-state index in [4.69, 9.17) is 0 Å². The van der Waals surface area contributed by atoms with Crippen LogP contribution in [0.3, 0.4) is 0 Å². The quantitative estimate of drug-likeness (QED) is 0.809. The molecule has 0 bridgehead atoms. The summed E-state index contributed by atoms with van der Waals surface area (Å²) >= 11 is 0. The highest BCUT2D eigenvalue weighted by molar-refractivity contribution is 7.91. The molecule has 0 saturated carbocycles. The van der Waals surface area contributed by atoms with Crippen LogP contribution in [-0.2, 0) is 9.84 Å². The normalized spacial score (nSPS) is 30.6. The molecule has 2 fully saturated rings. The Balaban J connectivity index is 1.94. The number of sulfone groups is 1. The average Bonchev–Trinajstić information content (AvgIpc) is 2.33. The van der Waals surface area contributed by atoms with Crippen LogP contribution in [0.15, 0.2) is 0 Å². The minimum atomic E-state index is -2.73. The smallest absolute Gasteiger partial charge is 0.150 e. The summed E-state index contributed by atoms with van der Waals surface area (Å²) in [4.78, 5) is 2.53.